The fourth-order valence-electron chi connectivity index (χ4n) is 18.6. The molecular weight excluding hydrogens is 1550 g/mol. The normalized spacial score (nSPS) is 18.6. The Labute approximate surface area is 729 Å². The van der Waals surface area contributed by atoms with Gasteiger partial charge in [0.15, 0.2) is 46.0 Å². The fraction of sp³-hybridized carbons (Fsp3) is 0.600. The molecule has 5 aromatic carbocycles. The second-order valence-electron chi connectivity index (χ2n) is 35.4. The number of likely N-dealkylation sites (N-methyl/N-ethyl adjacent to an activating group) is 2. The molecule has 9 aliphatic rings. The van der Waals surface area contributed by atoms with Gasteiger partial charge in [0.2, 0.25) is 23.8 Å². The van der Waals surface area contributed by atoms with Crippen molar-refractivity contribution >= 4 is 90.7 Å². The number of benzene rings is 5. The molecule has 28 nitrogen and oxygen atoms in total. The van der Waals surface area contributed by atoms with Crippen molar-refractivity contribution in [1.29, 1.82) is 0 Å². The van der Waals surface area contributed by atoms with Gasteiger partial charge in [-0.25, -0.2) is 19.9 Å². The molecule has 6 aliphatic heterocycles. The van der Waals surface area contributed by atoms with E-state index in [1.165, 1.54) is 116 Å². The largest absolute Gasteiger partial charge is 0.493 e. The number of piperidine rings is 2. The summed E-state index contributed by atoms with van der Waals surface area (Å²) < 4.78 is 47.8. The van der Waals surface area contributed by atoms with Crippen LogP contribution < -0.4 is 77.1 Å². The van der Waals surface area contributed by atoms with Crippen LogP contribution in [0.25, 0.3) is 43.6 Å². The van der Waals surface area contributed by atoms with Crippen molar-refractivity contribution in [2.75, 3.05) is 255 Å². The van der Waals surface area contributed by atoms with Crippen molar-refractivity contribution in [2.45, 2.75) is 160 Å². The molecule has 0 unspecified atom stereocenters. The number of likely N-dealkylation sites (tertiary alicyclic amines) is 1. The number of hydrogen-bond acceptors (Lipinski definition) is 28. The van der Waals surface area contributed by atoms with Gasteiger partial charge in [0.1, 0.15) is 29.9 Å². The summed E-state index contributed by atoms with van der Waals surface area (Å²) in [4.78, 5) is 67.1. The number of rotatable bonds is 25. The van der Waals surface area contributed by atoms with Gasteiger partial charge in [-0.05, 0) is 179 Å². The second kappa shape index (κ2) is 42.2. The second-order valence-corrected chi connectivity index (χ2v) is 35.4. The predicted octanol–water partition coefficient (Wildman–Crippen LogP) is 14.4. The molecule has 28 heteroatoms. The van der Waals surface area contributed by atoms with Crippen LogP contribution in [0.3, 0.4) is 0 Å². The third-order valence-electron chi connectivity index (χ3n) is 25.9. The molecule has 4 aromatic heterocycles. The van der Waals surface area contributed by atoms with Gasteiger partial charge < -0.3 is 91.8 Å². The summed E-state index contributed by atoms with van der Waals surface area (Å²) >= 11 is 0. The third kappa shape index (κ3) is 22.1. The monoisotopic (exact) mass is 1690 g/mol. The molecule has 3 aliphatic carbocycles. The van der Waals surface area contributed by atoms with Gasteiger partial charge in [-0.2, -0.15) is 19.9 Å². The molecule has 0 N–H and O–H groups in total. The number of aromatic nitrogens is 8. The van der Waals surface area contributed by atoms with E-state index in [0.717, 1.165) is 274 Å². The Morgan fingerprint density at radius 3 is 1.11 bits per heavy atom. The maximum Gasteiger partial charge on any atom is 0.227 e. The lowest BCUT2D eigenvalue weighted by Gasteiger charge is -2.39. The lowest BCUT2D eigenvalue weighted by atomic mass is 10.1. The number of nitrogens with zero attached hydrogens (tertiary/aromatic N) is 20. The van der Waals surface area contributed by atoms with Crippen molar-refractivity contribution < 1.29 is 37.9 Å². The minimum absolute atomic E-state index is 0.276. The highest BCUT2D eigenvalue weighted by molar-refractivity contribution is 5.96. The zero-order valence-corrected chi connectivity index (χ0v) is 75.6. The van der Waals surface area contributed by atoms with E-state index >= 15 is 0 Å². The van der Waals surface area contributed by atoms with Crippen LogP contribution in [0, 0.1) is 0 Å². The summed E-state index contributed by atoms with van der Waals surface area (Å²) in [6.07, 6.45) is 26.5. The van der Waals surface area contributed by atoms with Gasteiger partial charge in [0, 0.05) is 205 Å². The summed E-state index contributed by atoms with van der Waals surface area (Å²) in [5, 5.41) is 4.12. The summed E-state index contributed by atoms with van der Waals surface area (Å²) in [6.45, 7) is 21.0. The molecule has 6 saturated heterocycles. The van der Waals surface area contributed by atoms with Crippen LogP contribution in [0.1, 0.15) is 140 Å². The maximum absolute atomic E-state index is 6.30. The van der Waals surface area contributed by atoms with Gasteiger partial charge in [-0.1, -0.05) is 43.2 Å². The highest BCUT2D eigenvalue weighted by atomic mass is 16.5. The van der Waals surface area contributed by atoms with Gasteiger partial charge in [0.05, 0.1) is 69.3 Å². The standard InChI is InChI=1S/C30H47N7O2.C23H28N4O2.C21H31N5O2.C21H30N4O2/c1-33-13-15-37(16-14-33)30-31-26-23-28(39-21-7-12-34-10-5-6-11-34)27(38-2)22-25(26)29(32-30)36-19-17-35(18-20-36)24-8-3-4-9-24;1-26(2)23-24-19-15-21(29-16-17-10-6-4-7-11-17)20(28-3)14-18(19)22(25-23)27-12-8-5-9-13-27;1-24(2)21-22-17-14-19(28-15-7-5-6-8-15)18(27-4)13-16(17)20(23-21)26-11-9-25(3)10-12-26;1-24(2)21-22-17-14-19(27-15-9-5-6-10-15)18(26-3)13-16(17)20(23-21)25-11-7-4-8-12-25/h22-24H,3-21H2,1-2H3;4,6-7,10-11,14-15H,5,8-9,12-13,16H2,1-3H3;13-15H,5-12H2,1-4H3;13-15H,4-12H2,1-3H3. The van der Waals surface area contributed by atoms with E-state index in [9.17, 15) is 0 Å². The lowest BCUT2D eigenvalue weighted by molar-refractivity contribution is 0.187. The summed E-state index contributed by atoms with van der Waals surface area (Å²) in [6, 6.07) is 27.3. The Balaban J connectivity index is 0.000000129. The molecule has 3 saturated carbocycles. The van der Waals surface area contributed by atoms with Crippen molar-refractivity contribution in [3.63, 3.8) is 0 Å². The molecule has 123 heavy (non-hydrogen) atoms. The number of methoxy groups -OCH3 is 4. The Morgan fingerprint density at radius 2 is 0.691 bits per heavy atom. The van der Waals surface area contributed by atoms with E-state index < -0.39 is 0 Å². The highest BCUT2D eigenvalue weighted by Gasteiger charge is 2.32. The molecule has 0 amide bonds. The van der Waals surface area contributed by atoms with E-state index in [1.807, 2.05) is 118 Å². The number of fused-ring (bicyclic) bond motifs is 4. The SMILES string of the molecule is COc1cc2c(N3CCCCC3)nc(N(C)C)nc2cc1OC1CCCC1.COc1cc2c(N3CCCCC3)nc(N(C)C)nc2cc1OCc1ccccc1.COc1cc2c(N3CCN(C)CC3)nc(N(C)C)nc2cc1OC1CCCC1.COc1cc2c(N3CCN(C4CCCC4)CC3)nc(N3CCN(C)CC3)nc2cc1OCCCN1CCCC1. The molecule has 0 bridgehead atoms. The van der Waals surface area contributed by atoms with E-state index in [0.29, 0.717) is 30.7 Å². The molecule has 0 atom stereocenters. The molecule has 9 fully saturated rings. The zero-order chi connectivity index (χ0) is 85.3. The van der Waals surface area contributed by atoms with E-state index in [1.54, 1.807) is 28.4 Å². The first-order chi connectivity index (χ1) is 60.0. The maximum atomic E-state index is 6.30. The molecule has 9 aromatic rings. The van der Waals surface area contributed by atoms with Crippen molar-refractivity contribution in [3.8, 4) is 46.0 Å². The first-order valence-electron chi connectivity index (χ1n) is 45.9. The Bertz CT molecular complexity index is 4890. The third-order valence-corrected chi connectivity index (χ3v) is 25.9. The van der Waals surface area contributed by atoms with E-state index in [4.69, 9.17) is 77.8 Å². The molecule has 0 radical (unpaired) electrons. The number of anilines is 8. The van der Waals surface area contributed by atoms with E-state index in [-0.39, 0.29) is 12.2 Å². The Hall–Kier alpha value is -9.90. The minimum atomic E-state index is 0.276. The Morgan fingerprint density at radius 1 is 0.333 bits per heavy atom. The van der Waals surface area contributed by atoms with Crippen molar-refractivity contribution in [3.05, 3.63) is 84.4 Å². The van der Waals surface area contributed by atoms with Crippen molar-refractivity contribution in [1.82, 2.24) is 59.5 Å². The predicted molar refractivity (Wildman–Crippen MR) is 497 cm³/mol. The molecule has 0 spiro atoms. The smallest absolute Gasteiger partial charge is 0.227 e. The molecule has 18 rings (SSSR count). The van der Waals surface area contributed by atoms with Crippen LogP contribution in [0.4, 0.5) is 47.1 Å². The molecule has 664 valence electrons. The number of piperazine rings is 3. The van der Waals surface area contributed by atoms with Crippen LogP contribution in [-0.4, -0.2) is 293 Å². The Kier molecular flexibility index (Phi) is 30.2. The topological polar surface area (TPSA) is 216 Å². The minimum Gasteiger partial charge on any atom is -0.493 e. The average molecular weight is 1690 g/mol. The van der Waals surface area contributed by atoms with Gasteiger partial charge >= 0.3 is 0 Å². The average Bonchev–Trinajstić information content (AvgIpc) is 1.74. The lowest BCUT2D eigenvalue weighted by Crippen LogP contribution is -2.50. The molecular formula is C95H136N20O8. The zero-order valence-electron chi connectivity index (χ0n) is 75.6. The van der Waals surface area contributed by atoms with Crippen LogP contribution in [0.2, 0.25) is 0 Å². The van der Waals surface area contributed by atoms with Crippen molar-refractivity contribution in [2.24, 2.45) is 0 Å². The summed E-state index contributed by atoms with van der Waals surface area (Å²) in [5.41, 5.74) is 4.75. The fourth-order valence-corrected chi connectivity index (χ4v) is 18.6. The first kappa shape index (κ1) is 88.0. The first-order valence-corrected chi connectivity index (χ1v) is 45.9. The van der Waals surface area contributed by atoms with Gasteiger partial charge in [-0.15, -0.1) is 0 Å². The van der Waals surface area contributed by atoms with E-state index in [2.05, 4.69) is 76.4 Å². The summed E-state index contributed by atoms with van der Waals surface area (Å²) in [7, 11) is 23.0. The highest BCUT2D eigenvalue weighted by Crippen LogP contribution is 2.44. The van der Waals surface area contributed by atoms with Gasteiger partial charge in [-0.3, -0.25) is 4.90 Å². The number of ether oxygens (including phenoxy) is 8. The quantitative estimate of drug-likeness (QED) is 0.0486. The molecule has 10 heterocycles. The van der Waals surface area contributed by atoms with Gasteiger partial charge in [0.25, 0.3) is 0 Å². The number of hydrogen-bond donors (Lipinski definition) is 0. The van der Waals surface area contributed by atoms with Crippen LogP contribution in [0.5, 0.6) is 46.0 Å². The van der Waals surface area contributed by atoms with Crippen LogP contribution >= 0.6 is 0 Å². The summed E-state index contributed by atoms with van der Waals surface area (Å²) in [5.74, 6) is 13.1. The van der Waals surface area contributed by atoms with Crippen LogP contribution in [-0.2, 0) is 6.61 Å². The van der Waals surface area contributed by atoms with Crippen LogP contribution in [0.15, 0.2) is 78.9 Å².